The van der Waals surface area contributed by atoms with Crippen molar-refractivity contribution >= 4 is 29.2 Å². The number of ether oxygens (including phenoxy) is 1. The zero-order valence-corrected chi connectivity index (χ0v) is 13.5. The molecule has 7 nitrogen and oxygen atoms in total. The van der Waals surface area contributed by atoms with Crippen molar-refractivity contribution in [3.63, 3.8) is 0 Å². The predicted molar refractivity (Wildman–Crippen MR) is 91.6 cm³/mol. The van der Waals surface area contributed by atoms with Crippen LogP contribution in [0.15, 0.2) is 48.8 Å². The van der Waals surface area contributed by atoms with E-state index >= 15 is 0 Å². The molecule has 25 heavy (non-hydrogen) atoms. The number of amides is 2. The first-order chi connectivity index (χ1) is 12.1. The largest absolute Gasteiger partial charge is 0.447 e. The zero-order chi connectivity index (χ0) is 17.6. The van der Waals surface area contributed by atoms with Crippen LogP contribution >= 0.6 is 0 Å². The average molecular weight is 339 g/mol. The van der Waals surface area contributed by atoms with Gasteiger partial charge in [0, 0.05) is 42.2 Å². The van der Waals surface area contributed by atoms with Crippen LogP contribution in [0.4, 0.5) is 16.2 Å². The minimum Gasteiger partial charge on any atom is -0.447 e. The Morgan fingerprint density at radius 3 is 2.60 bits per heavy atom. The lowest BCUT2D eigenvalue weighted by Crippen LogP contribution is -2.23. The topological polar surface area (TPSA) is 88.6 Å². The third-order valence-electron chi connectivity index (χ3n) is 3.79. The van der Waals surface area contributed by atoms with E-state index in [2.05, 4.69) is 10.3 Å². The van der Waals surface area contributed by atoms with Crippen molar-refractivity contribution in [1.82, 2.24) is 4.98 Å². The molecule has 2 heterocycles. The summed E-state index contributed by atoms with van der Waals surface area (Å²) in [5.41, 5.74) is 1.82. The number of cyclic esters (lactones) is 1. The summed E-state index contributed by atoms with van der Waals surface area (Å²) in [7, 11) is 0. The number of hydrogen-bond acceptors (Lipinski definition) is 5. The molecule has 1 aromatic carbocycles. The highest BCUT2D eigenvalue weighted by molar-refractivity contribution is 6.00. The number of carbonyl (C=O) groups excluding carboxylic acids is 3. The van der Waals surface area contributed by atoms with Crippen molar-refractivity contribution < 1.29 is 19.1 Å². The first-order valence-electron chi connectivity index (χ1n) is 7.91. The molecule has 0 saturated carbocycles. The molecule has 1 fully saturated rings. The minimum atomic E-state index is -0.370. The van der Waals surface area contributed by atoms with Gasteiger partial charge in [-0.1, -0.05) is 0 Å². The van der Waals surface area contributed by atoms with Crippen molar-refractivity contribution in [2.45, 2.75) is 12.8 Å². The second-order valence-electron chi connectivity index (χ2n) is 5.53. The maximum Gasteiger partial charge on any atom is 0.414 e. The van der Waals surface area contributed by atoms with Crippen LogP contribution in [0.1, 0.15) is 23.2 Å². The van der Waals surface area contributed by atoms with Crippen LogP contribution < -0.4 is 10.2 Å². The normalized spacial score (nSPS) is 13.4. The monoisotopic (exact) mass is 339 g/mol. The molecule has 1 saturated heterocycles. The quantitative estimate of drug-likeness (QED) is 0.817. The molecule has 1 aliphatic rings. The van der Waals surface area contributed by atoms with Gasteiger partial charge in [0.15, 0.2) is 5.78 Å². The van der Waals surface area contributed by atoms with E-state index in [1.54, 1.807) is 42.6 Å². The third kappa shape index (κ3) is 4.20. The number of hydrogen-bond donors (Lipinski definition) is 1. The molecule has 0 atom stereocenters. The van der Waals surface area contributed by atoms with Crippen LogP contribution in [0.3, 0.4) is 0 Å². The van der Waals surface area contributed by atoms with Crippen LogP contribution in [0.2, 0.25) is 0 Å². The Hall–Kier alpha value is -3.22. The summed E-state index contributed by atoms with van der Waals surface area (Å²) in [5, 5.41) is 2.74. The number of ketones is 1. The molecule has 7 heteroatoms. The number of benzene rings is 1. The molecular formula is C18H17N3O4. The second kappa shape index (κ2) is 7.57. The van der Waals surface area contributed by atoms with E-state index in [9.17, 15) is 14.4 Å². The lowest BCUT2D eigenvalue weighted by molar-refractivity contribution is -0.116. The summed E-state index contributed by atoms with van der Waals surface area (Å²) in [6.45, 7) is 0.892. The van der Waals surface area contributed by atoms with Gasteiger partial charge in [-0.15, -0.1) is 0 Å². The SMILES string of the molecule is O=C(CCC(=O)c1cccnc1)Nc1ccc(N2CCOC2=O)cc1. The van der Waals surface area contributed by atoms with Gasteiger partial charge >= 0.3 is 6.09 Å². The fraction of sp³-hybridized carbons (Fsp3) is 0.222. The van der Waals surface area contributed by atoms with Gasteiger partial charge in [0.25, 0.3) is 0 Å². The Balaban J connectivity index is 1.51. The summed E-state index contributed by atoms with van der Waals surface area (Å²) in [6, 6.07) is 10.3. The van der Waals surface area contributed by atoms with Gasteiger partial charge in [-0.3, -0.25) is 19.5 Å². The molecule has 3 rings (SSSR count). The van der Waals surface area contributed by atoms with Crippen LogP contribution in [-0.4, -0.2) is 35.9 Å². The van der Waals surface area contributed by atoms with Crippen molar-refractivity contribution in [2.75, 3.05) is 23.4 Å². The van der Waals surface area contributed by atoms with Crippen LogP contribution in [0.5, 0.6) is 0 Å². The molecule has 128 valence electrons. The number of carbonyl (C=O) groups is 3. The van der Waals surface area contributed by atoms with E-state index in [4.69, 9.17) is 4.74 Å². The first-order valence-corrected chi connectivity index (χ1v) is 7.91. The number of nitrogens with zero attached hydrogens (tertiary/aromatic N) is 2. The van der Waals surface area contributed by atoms with Gasteiger partial charge in [0.1, 0.15) is 6.61 Å². The number of aromatic nitrogens is 1. The zero-order valence-electron chi connectivity index (χ0n) is 13.5. The molecule has 1 aromatic heterocycles. The smallest absolute Gasteiger partial charge is 0.414 e. The summed E-state index contributed by atoms with van der Waals surface area (Å²) >= 11 is 0. The average Bonchev–Trinajstić information content (AvgIpc) is 3.07. The van der Waals surface area contributed by atoms with E-state index in [0.29, 0.717) is 30.1 Å². The number of Topliss-reactive ketones (excluding diaryl/α,β-unsaturated/α-hetero) is 1. The molecule has 0 radical (unpaired) electrons. The Morgan fingerprint density at radius 1 is 1.16 bits per heavy atom. The number of pyridine rings is 1. The summed E-state index contributed by atoms with van der Waals surface area (Å²) in [4.78, 5) is 40.8. The second-order valence-corrected chi connectivity index (χ2v) is 5.53. The lowest BCUT2D eigenvalue weighted by atomic mass is 10.1. The lowest BCUT2D eigenvalue weighted by Gasteiger charge is -2.13. The number of nitrogens with one attached hydrogen (secondary N) is 1. The first kappa shape index (κ1) is 16.6. The third-order valence-corrected chi connectivity index (χ3v) is 3.79. The standard InChI is InChI=1S/C18H17N3O4/c22-16(13-2-1-9-19-12-13)7-8-17(23)20-14-3-5-15(6-4-14)21-10-11-25-18(21)24/h1-6,9,12H,7-8,10-11H2,(H,20,23). The minimum absolute atomic E-state index is 0.0912. The highest BCUT2D eigenvalue weighted by atomic mass is 16.6. The Labute approximate surface area is 144 Å². The highest BCUT2D eigenvalue weighted by Gasteiger charge is 2.23. The molecule has 1 aliphatic heterocycles. The van der Waals surface area contributed by atoms with E-state index in [-0.39, 0.29) is 30.6 Å². The fourth-order valence-electron chi connectivity index (χ4n) is 2.48. The Kier molecular flexibility index (Phi) is 5.03. The van der Waals surface area contributed by atoms with Crippen molar-refractivity contribution in [3.05, 3.63) is 54.4 Å². The fourth-order valence-corrected chi connectivity index (χ4v) is 2.48. The van der Waals surface area contributed by atoms with Gasteiger partial charge in [0.05, 0.1) is 6.54 Å². The van der Waals surface area contributed by atoms with Crippen molar-refractivity contribution in [2.24, 2.45) is 0 Å². The molecule has 0 spiro atoms. The molecule has 1 N–H and O–H groups in total. The van der Waals surface area contributed by atoms with Crippen LogP contribution in [-0.2, 0) is 9.53 Å². The van der Waals surface area contributed by atoms with E-state index < -0.39 is 0 Å². The molecule has 2 amide bonds. The van der Waals surface area contributed by atoms with Crippen molar-refractivity contribution in [1.29, 1.82) is 0 Å². The molecular weight excluding hydrogens is 322 g/mol. The summed E-state index contributed by atoms with van der Waals surface area (Å²) < 4.78 is 4.89. The van der Waals surface area contributed by atoms with Gasteiger partial charge in [-0.2, -0.15) is 0 Å². The molecule has 2 aromatic rings. The Bertz CT molecular complexity index is 775. The highest BCUT2D eigenvalue weighted by Crippen LogP contribution is 2.21. The maximum absolute atomic E-state index is 12.0. The number of anilines is 2. The van der Waals surface area contributed by atoms with E-state index in [1.165, 1.54) is 11.1 Å². The van der Waals surface area contributed by atoms with Gasteiger partial charge in [-0.25, -0.2) is 4.79 Å². The van der Waals surface area contributed by atoms with E-state index in [1.807, 2.05) is 0 Å². The van der Waals surface area contributed by atoms with Crippen LogP contribution in [0.25, 0.3) is 0 Å². The number of rotatable bonds is 6. The predicted octanol–water partition coefficient (Wildman–Crippen LogP) is 2.64. The summed E-state index contributed by atoms with van der Waals surface area (Å²) in [6.07, 6.45) is 2.92. The maximum atomic E-state index is 12.0. The van der Waals surface area contributed by atoms with Gasteiger partial charge in [-0.05, 0) is 36.4 Å². The van der Waals surface area contributed by atoms with Gasteiger partial charge < -0.3 is 10.1 Å². The molecule has 0 aliphatic carbocycles. The van der Waals surface area contributed by atoms with Crippen molar-refractivity contribution in [3.8, 4) is 0 Å². The summed E-state index contributed by atoms with van der Waals surface area (Å²) in [5.74, 6) is -0.364. The molecule has 0 bridgehead atoms. The van der Waals surface area contributed by atoms with Crippen LogP contribution in [0, 0.1) is 0 Å². The van der Waals surface area contributed by atoms with E-state index in [0.717, 1.165) is 0 Å². The van der Waals surface area contributed by atoms with Gasteiger partial charge in [0.2, 0.25) is 5.91 Å². The Morgan fingerprint density at radius 2 is 1.96 bits per heavy atom. The molecule has 0 unspecified atom stereocenters.